The van der Waals surface area contributed by atoms with Gasteiger partial charge in [0.2, 0.25) is 0 Å². The van der Waals surface area contributed by atoms with Gasteiger partial charge >= 0.3 is 0 Å². The summed E-state index contributed by atoms with van der Waals surface area (Å²) in [5.41, 5.74) is 6.19. The van der Waals surface area contributed by atoms with Gasteiger partial charge in [-0.15, -0.1) is 0 Å². The maximum atomic E-state index is 4.83. The summed E-state index contributed by atoms with van der Waals surface area (Å²) in [6, 6.07) is 6.57. The quantitative estimate of drug-likeness (QED) is 0.903. The lowest BCUT2D eigenvalue weighted by Crippen LogP contribution is -2.04. The van der Waals surface area contributed by atoms with Crippen molar-refractivity contribution in [3.63, 3.8) is 0 Å². The SMILES string of the molecule is CCNc1cc(-c2cc(C)c(C)cc2C)nc(C2CC2)n1. The van der Waals surface area contributed by atoms with Gasteiger partial charge in [0.25, 0.3) is 0 Å². The summed E-state index contributed by atoms with van der Waals surface area (Å²) in [5, 5.41) is 3.34. The van der Waals surface area contributed by atoms with Crippen LogP contribution in [0.4, 0.5) is 5.82 Å². The fraction of sp³-hybridized carbons (Fsp3) is 0.444. The lowest BCUT2D eigenvalue weighted by atomic mass is 9.98. The van der Waals surface area contributed by atoms with Crippen molar-refractivity contribution >= 4 is 5.82 Å². The molecule has 3 rings (SSSR count). The normalized spacial score (nSPS) is 14.3. The first-order valence-electron chi connectivity index (χ1n) is 7.79. The maximum Gasteiger partial charge on any atom is 0.134 e. The van der Waals surface area contributed by atoms with E-state index in [1.165, 1.54) is 35.1 Å². The van der Waals surface area contributed by atoms with Crippen molar-refractivity contribution in [3.8, 4) is 11.3 Å². The second kappa shape index (κ2) is 5.47. The molecule has 110 valence electrons. The standard InChI is InChI=1S/C18H23N3/c1-5-19-17-10-16(20-18(21-17)14-6-7-14)15-9-12(3)11(2)8-13(15)4/h8-10,14H,5-7H2,1-4H3,(H,19,20,21). The Balaban J connectivity index is 2.10. The third-order valence-electron chi connectivity index (χ3n) is 4.16. The highest BCUT2D eigenvalue weighted by Gasteiger charge is 2.27. The summed E-state index contributed by atoms with van der Waals surface area (Å²) >= 11 is 0. The van der Waals surface area contributed by atoms with E-state index < -0.39 is 0 Å². The average molecular weight is 281 g/mol. The summed E-state index contributed by atoms with van der Waals surface area (Å²) in [5.74, 6) is 2.51. The van der Waals surface area contributed by atoms with Crippen LogP contribution >= 0.6 is 0 Å². The molecule has 0 spiro atoms. The van der Waals surface area contributed by atoms with Crippen molar-refractivity contribution in [1.82, 2.24) is 9.97 Å². The van der Waals surface area contributed by atoms with Gasteiger partial charge in [-0.3, -0.25) is 0 Å². The number of aromatic nitrogens is 2. The molecule has 1 aromatic carbocycles. The van der Waals surface area contributed by atoms with Crippen LogP contribution in [0.1, 0.15) is 48.2 Å². The topological polar surface area (TPSA) is 37.8 Å². The van der Waals surface area contributed by atoms with Crippen molar-refractivity contribution in [1.29, 1.82) is 0 Å². The smallest absolute Gasteiger partial charge is 0.134 e. The van der Waals surface area contributed by atoms with Crippen LogP contribution in [0, 0.1) is 20.8 Å². The Morgan fingerprint density at radius 1 is 1.00 bits per heavy atom. The molecule has 0 aliphatic heterocycles. The fourth-order valence-electron chi connectivity index (χ4n) is 2.64. The Morgan fingerprint density at radius 3 is 2.38 bits per heavy atom. The predicted molar refractivity (Wildman–Crippen MR) is 87.8 cm³/mol. The zero-order valence-corrected chi connectivity index (χ0v) is 13.3. The number of rotatable bonds is 4. The molecule has 0 radical (unpaired) electrons. The second-order valence-corrected chi connectivity index (χ2v) is 6.05. The molecule has 21 heavy (non-hydrogen) atoms. The van der Waals surface area contributed by atoms with Crippen LogP contribution in [0.5, 0.6) is 0 Å². The highest BCUT2D eigenvalue weighted by atomic mass is 15.0. The fourth-order valence-corrected chi connectivity index (χ4v) is 2.64. The molecule has 0 bridgehead atoms. The number of nitrogens with zero attached hydrogens (tertiary/aromatic N) is 2. The van der Waals surface area contributed by atoms with E-state index in [4.69, 9.17) is 4.98 Å². The van der Waals surface area contributed by atoms with E-state index in [-0.39, 0.29) is 0 Å². The predicted octanol–water partition coefficient (Wildman–Crippen LogP) is 4.38. The van der Waals surface area contributed by atoms with Gasteiger partial charge in [0.1, 0.15) is 11.6 Å². The highest BCUT2D eigenvalue weighted by Crippen LogP contribution is 2.39. The van der Waals surface area contributed by atoms with Gasteiger partial charge in [0.15, 0.2) is 0 Å². The van der Waals surface area contributed by atoms with E-state index in [1.807, 2.05) is 0 Å². The molecule has 2 aromatic rings. The Labute approximate surface area is 126 Å². The Bertz CT molecular complexity index is 672. The Morgan fingerprint density at radius 2 is 1.71 bits per heavy atom. The molecule has 0 saturated heterocycles. The minimum atomic E-state index is 0.564. The van der Waals surface area contributed by atoms with Crippen molar-refractivity contribution in [3.05, 3.63) is 40.7 Å². The maximum absolute atomic E-state index is 4.83. The van der Waals surface area contributed by atoms with Gasteiger partial charge < -0.3 is 5.32 Å². The molecule has 3 nitrogen and oxygen atoms in total. The monoisotopic (exact) mass is 281 g/mol. The number of anilines is 1. The molecule has 1 aliphatic carbocycles. The van der Waals surface area contributed by atoms with Crippen LogP contribution in [0.15, 0.2) is 18.2 Å². The molecule has 1 N–H and O–H groups in total. The number of nitrogens with one attached hydrogen (secondary N) is 1. The second-order valence-electron chi connectivity index (χ2n) is 6.05. The van der Waals surface area contributed by atoms with E-state index in [0.717, 1.165) is 23.9 Å². The molecule has 0 unspecified atom stereocenters. The molecular formula is C18H23N3. The molecule has 3 heteroatoms. The zero-order chi connectivity index (χ0) is 15.0. The minimum Gasteiger partial charge on any atom is -0.370 e. The first kappa shape index (κ1) is 14.1. The van der Waals surface area contributed by atoms with E-state index >= 15 is 0 Å². The van der Waals surface area contributed by atoms with Gasteiger partial charge in [0.05, 0.1) is 5.69 Å². The lowest BCUT2D eigenvalue weighted by Gasteiger charge is -2.12. The summed E-state index contributed by atoms with van der Waals surface area (Å²) in [6.45, 7) is 9.46. The van der Waals surface area contributed by atoms with Gasteiger partial charge in [-0.2, -0.15) is 0 Å². The molecule has 1 aromatic heterocycles. The number of benzene rings is 1. The summed E-state index contributed by atoms with van der Waals surface area (Å²) < 4.78 is 0. The largest absolute Gasteiger partial charge is 0.370 e. The van der Waals surface area contributed by atoms with Gasteiger partial charge in [-0.25, -0.2) is 9.97 Å². The first-order chi connectivity index (χ1) is 10.1. The minimum absolute atomic E-state index is 0.564. The zero-order valence-electron chi connectivity index (χ0n) is 13.3. The van der Waals surface area contributed by atoms with Crippen molar-refractivity contribution in [2.24, 2.45) is 0 Å². The van der Waals surface area contributed by atoms with E-state index in [2.05, 4.69) is 56.2 Å². The van der Waals surface area contributed by atoms with E-state index in [1.54, 1.807) is 0 Å². The van der Waals surface area contributed by atoms with Crippen LogP contribution in [-0.2, 0) is 0 Å². The molecule has 1 saturated carbocycles. The molecule has 1 aliphatic rings. The molecule has 1 heterocycles. The molecule has 1 fully saturated rings. The van der Waals surface area contributed by atoms with Gasteiger partial charge in [0, 0.05) is 24.1 Å². The summed E-state index contributed by atoms with van der Waals surface area (Å²) in [4.78, 5) is 9.49. The van der Waals surface area contributed by atoms with Crippen LogP contribution in [0.2, 0.25) is 0 Å². The summed E-state index contributed by atoms with van der Waals surface area (Å²) in [6.07, 6.45) is 2.45. The molecule has 0 atom stereocenters. The van der Waals surface area contributed by atoms with Gasteiger partial charge in [-0.05, 0) is 63.3 Å². The number of aryl methyl sites for hydroxylation is 3. The van der Waals surface area contributed by atoms with Crippen LogP contribution < -0.4 is 5.32 Å². The van der Waals surface area contributed by atoms with Crippen LogP contribution in [-0.4, -0.2) is 16.5 Å². The Kier molecular flexibility index (Phi) is 3.66. The third-order valence-corrected chi connectivity index (χ3v) is 4.16. The lowest BCUT2D eigenvalue weighted by molar-refractivity contribution is 0.927. The number of hydrogen-bond donors (Lipinski definition) is 1. The molecule has 0 amide bonds. The van der Waals surface area contributed by atoms with Crippen molar-refractivity contribution < 1.29 is 0 Å². The first-order valence-corrected chi connectivity index (χ1v) is 7.79. The van der Waals surface area contributed by atoms with E-state index in [0.29, 0.717) is 5.92 Å². The number of hydrogen-bond acceptors (Lipinski definition) is 3. The Hall–Kier alpha value is -1.90. The van der Waals surface area contributed by atoms with Crippen molar-refractivity contribution in [2.75, 3.05) is 11.9 Å². The van der Waals surface area contributed by atoms with Crippen molar-refractivity contribution in [2.45, 2.75) is 46.5 Å². The molecular weight excluding hydrogens is 258 g/mol. The highest BCUT2D eigenvalue weighted by molar-refractivity contribution is 5.67. The van der Waals surface area contributed by atoms with Gasteiger partial charge in [-0.1, -0.05) is 6.07 Å². The summed E-state index contributed by atoms with van der Waals surface area (Å²) in [7, 11) is 0. The third kappa shape index (κ3) is 2.92. The van der Waals surface area contributed by atoms with Crippen LogP contribution in [0.25, 0.3) is 11.3 Å². The van der Waals surface area contributed by atoms with Crippen LogP contribution in [0.3, 0.4) is 0 Å². The van der Waals surface area contributed by atoms with E-state index in [9.17, 15) is 0 Å². The average Bonchev–Trinajstić information content (AvgIpc) is 3.27.